The Morgan fingerprint density at radius 2 is 1.88 bits per heavy atom. The van der Waals surface area contributed by atoms with E-state index in [9.17, 15) is 4.79 Å². The average molecular weight is 364 g/mol. The fraction of sp³-hybridized carbons (Fsp3) is 0.647. The van der Waals surface area contributed by atoms with Crippen LogP contribution in [0.15, 0.2) is 17.5 Å². The van der Waals surface area contributed by atoms with Gasteiger partial charge in [-0.3, -0.25) is 0 Å². The summed E-state index contributed by atoms with van der Waals surface area (Å²) in [7, 11) is 0. The monoisotopic (exact) mass is 364 g/mol. The van der Waals surface area contributed by atoms with Crippen molar-refractivity contribution in [2.75, 3.05) is 18.0 Å². The molecule has 3 heterocycles. The van der Waals surface area contributed by atoms with E-state index in [-0.39, 0.29) is 24.0 Å². The highest BCUT2D eigenvalue weighted by Gasteiger charge is 2.47. The van der Waals surface area contributed by atoms with Crippen LogP contribution in [0, 0.1) is 0 Å². The Hall–Kier alpha value is -2.58. The van der Waals surface area contributed by atoms with Crippen molar-refractivity contribution < 1.29 is 14.7 Å². The van der Waals surface area contributed by atoms with Crippen molar-refractivity contribution in [1.29, 1.82) is 0 Å². The first kappa shape index (κ1) is 19.7. The van der Waals surface area contributed by atoms with Gasteiger partial charge in [0.25, 0.3) is 0 Å². The lowest BCUT2D eigenvalue weighted by Crippen LogP contribution is -2.50. The summed E-state index contributed by atoms with van der Waals surface area (Å²) in [6, 6.07) is 0.287. The number of fused-ring (bicyclic) bond motifs is 2. The minimum atomic E-state index is -0.494. The van der Waals surface area contributed by atoms with Gasteiger partial charge >= 0.3 is 6.09 Å². The van der Waals surface area contributed by atoms with Crippen LogP contribution in [0.4, 0.5) is 10.7 Å². The van der Waals surface area contributed by atoms with Gasteiger partial charge in [0.2, 0.25) is 5.95 Å². The third kappa shape index (κ3) is 4.14. The highest BCUT2D eigenvalue weighted by atomic mass is 16.6. The van der Waals surface area contributed by atoms with E-state index in [1.165, 1.54) is 12.4 Å². The van der Waals surface area contributed by atoms with Crippen molar-refractivity contribution in [3.05, 3.63) is 18.0 Å². The van der Waals surface area contributed by atoms with E-state index in [2.05, 4.69) is 20.0 Å². The summed E-state index contributed by atoms with van der Waals surface area (Å²) >= 11 is 0. The van der Waals surface area contributed by atoms with Crippen molar-refractivity contribution in [2.24, 2.45) is 10.9 Å². The minimum Gasteiger partial charge on any atom is -0.444 e. The predicted molar refractivity (Wildman–Crippen MR) is 98.4 cm³/mol. The normalized spacial score (nSPS) is 22.1. The number of amides is 1. The van der Waals surface area contributed by atoms with E-state index in [0.29, 0.717) is 24.6 Å². The second kappa shape index (κ2) is 7.76. The van der Waals surface area contributed by atoms with Crippen LogP contribution in [-0.4, -0.2) is 62.8 Å². The SMILES string of the molecule is CC.CC(C)(C)OC(=O)N1CC2CC1CN2c1ncc(/C(N)=N/O)cn1. The molecule has 1 aromatic heterocycles. The smallest absolute Gasteiger partial charge is 0.410 e. The van der Waals surface area contributed by atoms with E-state index in [1.807, 2.05) is 34.6 Å². The van der Waals surface area contributed by atoms with E-state index in [4.69, 9.17) is 15.7 Å². The Balaban J connectivity index is 0.00000117. The summed E-state index contributed by atoms with van der Waals surface area (Å²) in [5, 5.41) is 11.6. The van der Waals surface area contributed by atoms with Crippen LogP contribution in [-0.2, 0) is 4.74 Å². The maximum atomic E-state index is 12.2. The van der Waals surface area contributed by atoms with Gasteiger partial charge in [0, 0.05) is 25.5 Å². The molecule has 0 radical (unpaired) electrons. The van der Waals surface area contributed by atoms with Crippen LogP contribution in [0.3, 0.4) is 0 Å². The number of carbonyl (C=O) groups is 1. The number of anilines is 1. The van der Waals surface area contributed by atoms with E-state index in [0.717, 1.165) is 6.42 Å². The van der Waals surface area contributed by atoms with Crippen molar-refractivity contribution in [3.63, 3.8) is 0 Å². The van der Waals surface area contributed by atoms with Gasteiger partial charge in [-0.25, -0.2) is 14.8 Å². The van der Waals surface area contributed by atoms with E-state index in [1.54, 1.807) is 4.90 Å². The molecule has 26 heavy (non-hydrogen) atoms. The minimum absolute atomic E-state index is 0.0272. The Bertz CT molecular complexity index is 655. The first-order chi connectivity index (χ1) is 12.3. The lowest BCUT2D eigenvalue weighted by molar-refractivity contribution is 0.0214. The van der Waals surface area contributed by atoms with E-state index < -0.39 is 5.60 Å². The summed E-state index contributed by atoms with van der Waals surface area (Å²) < 4.78 is 5.46. The fourth-order valence-electron chi connectivity index (χ4n) is 3.12. The number of nitrogens with two attached hydrogens (primary N) is 1. The number of aromatic nitrogens is 2. The van der Waals surface area contributed by atoms with Gasteiger partial charge < -0.3 is 25.5 Å². The summed E-state index contributed by atoms with van der Waals surface area (Å²) in [5.74, 6) is 0.557. The highest BCUT2D eigenvalue weighted by Crippen LogP contribution is 2.33. The lowest BCUT2D eigenvalue weighted by atomic mass is 10.2. The number of ether oxygens (including phenoxy) is 1. The molecule has 2 aliphatic heterocycles. The molecule has 144 valence electrons. The molecule has 0 aromatic carbocycles. The molecule has 2 aliphatic rings. The number of likely N-dealkylation sites (tertiary alicyclic amines) is 1. The second-order valence-corrected chi connectivity index (χ2v) is 7.09. The molecular weight excluding hydrogens is 336 g/mol. The molecule has 9 nitrogen and oxygen atoms in total. The Labute approximate surface area is 153 Å². The molecule has 0 saturated carbocycles. The maximum absolute atomic E-state index is 12.2. The number of piperazine rings is 1. The van der Waals surface area contributed by atoms with Gasteiger partial charge in [0.05, 0.1) is 17.6 Å². The molecule has 2 fully saturated rings. The topological polar surface area (TPSA) is 117 Å². The van der Waals surface area contributed by atoms with Crippen LogP contribution in [0.1, 0.15) is 46.6 Å². The van der Waals surface area contributed by atoms with Crippen LogP contribution >= 0.6 is 0 Å². The zero-order valence-electron chi connectivity index (χ0n) is 16.0. The summed E-state index contributed by atoms with van der Waals surface area (Å²) in [4.78, 5) is 24.7. The third-order valence-corrected chi connectivity index (χ3v) is 4.17. The molecule has 0 spiro atoms. The zero-order chi connectivity index (χ0) is 19.5. The highest BCUT2D eigenvalue weighted by molar-refractivity contribution is 5.96. The predicted octanol–water partition coefficient (Wildman–Crippen LogP) is 1.80. The number of oxime groups is 1. The number of carbonyl (C=O) groups excluding carboxylic acids is 1. The molecule has 9 heteroatoms. The molecule has 3 rings (SSSR count). The van der Waals surface area contributed by atoms with Crippen LogP contribution in [0.2, 0.25) is 0 Å². The number of nitrogens with zero attached hydrogens (tertiary/aromatic N) is 5. The molecule has 1 amide bonds. The molecule has 3 N–H and O–H groups in total. The van der Waals surface area contributed by atoms with Gasteiger partial charge in [0.1, 0.15) is 5.60 Å². The van der Waals surface area contributed by atoms with Crippen LogP contribution < -0.4 is 10.6 Å². The molecule has 2 saturated heterocycles. The standard InChI is InChI=1S/C15H22N6O3.C2H6/c1-15(2,3)24-14(22)21-8-10-4-11(21)7-20(10)13-17-5-9(6-18-13)12(16)19-23;1-2/h5-6,10-11,23H,4,7-8H2,1-3H3,(H2,16,19);1-2H3. The van der Waals surface area contributed by atoms with Crippen LogP contribution in [0.5, 0.6) is 0 Å². The first-order valence-corrected chi connectivity index (χ1v) is 8.84. The van der Waals surface area contributed by atoms with E-state index >= 15 is 0 Å². The van der Waals surface area contributed by atoms with Gasteiger partial charge in [-0.2, -0.15) is 0 Å². The number of hydrogen-bond donors (Lipinski definition) is 2. The molecular formula is C17H28N6O3. The third-order valence-electron chi connectivity index (χ3n) is 4.17. The van der Waals surface area contributed by atoms with Gasteiger partial charge in [-0.05, 0) is 27.2 Å². The maximum Gasteiger partial charge on any atom is 0.410 e. The second-order valence-electron chi connectivity index (χ2n) is 7.09. The van der Waals surface area contributed by atoms with Crippen LogP contribution in [0.25, 0.3) is 0 Å². The Morgan fingerprint density at radius 3 is 2.35 bits per heavy atom. The summed E-state index contributed by atoms with van der Waals surface area (Å²) in [6.07, 6.45) is 3.66. The van der Waals surface area contributed by atoms with Gasteiger partial charge in [-0.1, -0.05) is 19.0 Å². The molecule has 0 aliphatic carbocycles. The first-order valence-electron chi connectivity index (χ1n) is 8.84. The van der Waals surface area contributed by atoms with Gasteiger partial charge in [-0.15, -0.1) is 0 Å². The largest absolute Gasteiger partial charge is 0.444 e. The fourth-order valence-corrected chi connectivity index (χ4v) is 3.12. The number of amidine groups is 1. The van der Waals surface area contributed by atoms with Crippen molar-refractivity contribution in [3.8, 4) is 0 Å². The molecule has 2 bridgehead atoms. The molecule has 2 atom stereocenters. The van der Waals surface area contributed by atoms with Crippen molar-refractivity contribution in [1.82, 2.24) is 14.9 Å². The van der Waals surface area contributed by atoms with Crippen molar-refractivity contribution >= 4 is 17.9 Å². The molecule has 2 unspecified atom stereocenters. The Kier molecular flexibility index (Phi) is 5.89. The molecule has 1 aromatic rings. The zero-order valence-corrected chi connectivity index (χ0v) is 16.0. The van der Waals surface area contributed by atoms with Gasteiger partial charge in [0.15, 0.2) is 5.84 Å². The van der Waals surface area contributed by atoms with Crippen molar-refractivity contribution in [2.45, 2.75) is 58.7 Å². The summed E-state index contributed by atoms with van der Waals surface area (Å²) in [6.45, 7) is 10.9. The average Bonchev–Trinajstić information content (AvgIpc) is 3.22. The lowest BCUT2D eigenvalue weighted by Gasteiger charge is -2.35. The number of hydrogen-bond acceptors (Lipinski definition) is 7. The number of rotatable bonds is 2. The Morgan fingerprint density at radius 1 is 1.27 bits per heavy atom. The summed E-state index contributed by atoms with van der Waals surface area (Å²) in [5.41, 5.74) is 5.47. The quantitative estimate of drug-likeness (QED) is 0.355.